The molecule has 1 aliphatic heterocycles. The Labute approximate surface area is 72.6 Å². The van der Waals surface area contributed by atoms with Gasteiger partial charge in [-0.3, -0.25) is 0 Å². The van der Waals surface area contributed by atoms with Gasteiger partial charge < -0.3 is 9.73 Å². The van der Waals surface area contributed by atoms with Crippen LogP contribution in [-0.4, -0.2) is 6.54 Å². The van der Waals surface area contributed by atoms with Gasteiger partial charge in [0.2, 0.25) is 0 Å². The molecule has 0 spiro atoms. The van der Waals surface area contributed by atoms with Crippen LogP contribution in [0.2, 0.25) is 0 Å². The van der Waals surface area contributed by atoms with Gasteiger partial charge >= 0.3 is 0 Å². The zero-order valence-corrected chi connectivity index (χ0v) is 7.85. The molecule has 0 saturated carbocycles. The van der Waals surface area contributed by atoms with E-state index in [1.807, 2.05) is 33.0 Å². The normalized spacial score (nSPS) is 12.6. The number of furan rings is 1. The van der Waals surface area contributed by atoms with Crippen molar-refractivity contribution in [2.75, 3.05) is 6.54 Å². The second-order valence-corrected chi connectivity index (χ2v) is 2.45. The summed E-state index contributed by atoms with van der Waals surface area (Å²) in [6.07, 6.45) is 5.82. The summed E-state index contributed by atoms with van der Waals surface area (Å²) in [6, 6.07) is 0. The van der Waals surface area contributed by atoms with Crippen molar-refractivity contribution < 1.29 is 4.42 Å². The van der Waals surface area contributed by atoms with Crippen molar-refractivity contribution in [2.24, 2.45) is 0 Å². The van der Waals surface area contributed by atoms with Crippen molar-refractivity contribution >= 4 is 12.3 Å². The zero-order valence-electron chi connectivity index (χ0n) is 7.85. The third kappa shape index (κ3) is 1.52. The van der Waals surface area contributed by atoms with E-state index in [-0.39, 0.29) is 0 Å². The minimum Gasteiger partial charge on any atom is -0.464 e. The lowest BCUT2D eigenvalue weighted by atomic mass is 10.2. The van der Waals surface area contributed by atoms with Crippen LogP contribution in [0, 0.1) is 6.92 Å². The van der Waals surface area contributed by atoms with E-state index >= 15 is 0 Å². The molecule has 2 nitrogen and oxygen atoms in total. The van der Waals surface area contributed by atoms with Crippen molar-refractivity contribution in [1.29, 1.82) is 0 Å². The molecule has 0 radical (unpaired) electrons. The highest BCUT2D eigenvalue weighted by Gasteiger charge is 1.97. The number of fused-ring (bicyclic) bond motifs is 1. The number of hydrogen-bond donors (Lipinski definition) is 1. The first-order valence-electron chi connectivity index (χ1n) is 4.36. The van der Waals surface area contributed by atoms with Gasteiger partial charge in [0.15, 0.2) is 0 Å². The Morgan fingerprint density at radius 1 is 1.42 bits per heavy atom. The highest BCUT2D eigenvalue weighted by molar-refractivity contribution is 5.36. The lowest BCUT2D eigenvalue weighted by molar-refractivity contribution is 0.527. The van der Waals surface area contributed by atoms with Crippen molar-refractivity contribution in [3.63, 3.8) is 0 Å². The third-order valence-corrected chi connectivity index (χ3v) is 1.70. The van der Waals surface area contributed by atoms with E-state index in [0.717, 1.165) is 12.0 Å². The maximum atomic E-state index is 5.26. The molecule has 0 bridgehead atoms. The average molecular weight is 165 g/mol. The van der Waals surface area contributed by atoms with Crippen molar-refractivity contribution in [3.8, 4) is 0 Å². The van der Waals surface area contributed by atoms with E-state index in [0.29, 0.717) is 0 Å². The van der Waals surface area contributed by atoms with Crippen LogP contribution in [0.4, 0.5) is 0 Å². The quantitative estimate of drug-likeness (QED) is 0.613. The summed E-state index contributed by atoms with van der Waals surface area (Å²) in [4.78, 5) is 0. The average Bonchev–Trinajstić information content (AvgIpc) is 2.53. The van der Waals surface area contributed by atoms with Crippen LogP contribution in [0.3, 0.4) is 0 Å². The van der Waals surface area contributed by atoms with Gasteiger partial charge in [-0.15, -0.1) is 0 Å². The summed E-state index contributed by atoms with van der Waals surface area (Å²) < 4.78 is 5.26. The molecule has 0 aliphatic carbocycles. The smallest absolute Gasteiger partial charge is 0.133 e. The molecule has 66 valence electrons. The van der Waals surface area contributed by atoms with Crippen LogP contribution >= 0.6 is 0 Å². The highest BCUT2D eigenvalue weighted by atomic mass is 16.3. The van der Waals surface area contributed by atoms with Gasteiger partial charge in [-0.1, -0.05) is 13.8 Å². The highest BCUT2D eigenvalue weighted by Crippen LogP contribution is 1.84. The van der Waals surface area contributed by atoms with Gasteiger partial charge in [0.25, 0.3) is 0 Å². The predicted molar refractivity (Wildman–Crippen MR) is 51.0 cm³/mol. The van der Waals surface area contributed by atoms with Crippen molar-refractivity contribution in [3.05, 3.63) is 22.5 Å². The molecule has 0 amide bonds. The molecule has 1 aromatic rings. The molecule has 1 N–H and O–H groups in total. The molecule has 1 aromatic heterocycles. The van der Waals surface area contributed by atoms with E-state index in [1.54, 1.807) is 6.26 Å². The fourth-order valence-electron chi connectivity index (χ4n) is 1.13. The summed E-state index contributed by atoms with van der Waals surface area (Å²) in [5.74, 6) is 0. The van der Waals surface area contributed by atoms with Crippen LogP contribution in [-0.2, 0) is 0 Å². The molecule has 0 atom stereocenters. The first-order valence-corrected chi connectivity index (χ1v) is 4.36. The van der Waals surface area contributed by atoms with Gasteiger partial charge in [0.1, 0.15) is 5.42 Å². The summed E-state index contributed by atoms with van der Waals surface area (Å²) in [6.45, 7) is 6.92. The maximum absolute atomic E-state index is 5.26. The minimum absolute atomic E-state index is 0.875. The van der Waals surface area contributed by atoms with E-state index in [1.165, 1.54) is 10.8 Å². The van der Waals surface area contributed by atoms with Crippen LogP contribution in [0.1, 0.15) is 19.4 Å². The minimum atomic E-state index is 0.875. The topological polar surface area (TPSA) is 25.2 Å². The number of aryl methyl sites for hydroxylation is 1. The Bertz CT molecular complexity index is 348. The Balaban J connectivity index is 0.000000336. The van der Waals surface area contributed by atoms with Gasteiger partial charge in [0.05, 0.1) is 6.26 Å². The van der Waals surface area contributed by atoms with Gasteiger partial charge in [-0.2, -0.15) is 0 Å². The van der Waals surface area contributed by atoms with Crippen LogP contribution in [0.25, 0.3) is 12.3 Å². The number of rotatable bonds is 0. The fraction of sp³-hybridized carbons (Fsp3) is 0.400. The second-order valence-electron chi connectivity index (χ2n) is 2.45. The molecule has 1 aliphatic rings. The van der Waals surface area contributed by atoms with Crippen LogP contribution in [0.15, 0.2) is 10.7 Å². The molecule has 0 unspecified atom stereocenters. The number of nitrogens with one attached hydrogen (secondary N) is 1. The molecule has 2 heterocycles. The van der Waals surface area contributed by atoms with Gasteiger partial charge in [0, 0.05) is 18.0 Å². The predicted octanol–water partition coefficient (Wildman–Crippen LogP) is 0.736. The van der Waals surface area contributed by atoms with Gasteiger partial charge in [-0.25, -0.2) is 0 Å². The molecule has 12 heavy (non-hydrogen) atoms. The molecular weight excluding hydrogens is 150 g/mol. The molecule has 2 rings (SSSR count). The number of hydrogen-bond acceptors (Lipinski definition) is 2. The lowest BCUT2D eigenvalue weighted by Gasteiger charge is -1.96. The molecule has 0 saturated heterocycles. The van der Waals surface area contributed by atoms with E-state index in [4.69, 9.17) is 4.42 Å². The first-order chi connectivity index (χ1) is 5.88. The van der Waals surface area contributed by atoms with E-state index in [2.05, 4.69) is 5.32 Å². The van der Waals surface area contributed by atoms with Crippen molar-refractivity contribution in [2.45, 2.75) is 20.8 Å². The first kappa shape index (κ1) is 8.91. The SMILES string of the molecule is CC.Cc1coc2c1=CNCC=2. The zero-order chi connectivity index (χ0) is 8.97. The summed E-state index contributed by atoms with van der Waals surface area (Å²) in [5, 5.41) is 4.31. The standard InChI is InChI=1S/C8H9NO.C2H6/c1-6-5-10-8-2-3-9-4-7(6)8;1-2/h2,4-5,9H,3H2,1H3;1-2H3. The van der Waals surface area contributed by atoms with Crippen molar-refractivity contribution in [1.82, 2.24) is 5.32 Å². The summed E-state index contributed by atoms with van der Waals surface area (Å²) >= 11 is 0. The molecular formula is C10H15NO. The van der Waals surface area contributed by atoms with E-state index < -0.39 is 0 Å². The summed E-state index contributed by atoms with van der Waals surface area (Å²) in [7, 11) is 0. The molecule has 2 heteroatoms. The van der Waals surface area contributed by atoms with Crippen LogP contribution < -0.4 is 16.0 Å². The van der Waals surface area contributed by atoms with E-state index in [9.17, 15) is 0 Å². The Morgan fingerprint density at radius 2 is 2.17 bits per heavy atom. The van der Waals surface area contributed by atoms with Crippen LogP contribution in [0.5, 0.6) is 0 Å². The Kier molecular flexibility index (Phi) is 2.97. The largest absolute Gasteiger partial charge is 0.464 e. The molecule has 0 aromatic carbocycles. The third-order valence-electron chi connectivity index (χ3n) is 1.70. The fourth-order valence-corrected chi connectivity index (χ4v) is 1.13. The lowest BCUT2D eigenvalue weighted by Crippen LogP contribution is -2.31. The summed E-state index contributed by atoms with van der Waals surface area (Å²) in [5.41, 5.74) is 2.19. The monoisotopic (exact) mass is 165 g/mol. The van der Waals surface area contributed by atoms with Gasteiger partial charge in [-0.05, 0) is 18.6 Å². The Hall–Kier alpha value is -1.18. The Morgan fingerprint density at radius 3 is 2.83 bits per heavy atom. The molecule has 0 fully saturated rings. The maximum Gasteiger partial charge on any atom is 0.133 e. The second kappa shape index (κ2) is 4.00.